The molecule has 0 aromatic carbocycles. The minimum Gasteiger partial charge on any atom is -0.480 e. The Morgan fingerprint density at radius 3 is 2.33 bits per heavy atom. The number of hydrogen-bond donors (Lipinski definition) is 3. The third kappa shape index (κ3) is 4.20. The summed E-state index contributed by atoms with van der Waals surface area (Å²) < 4.78 is 0. The summed E-state index contributed by atoms with van der Waals surface area (Å²) in [6.45, 7) is 8.05. The molecule has 0 unspecified atom stereocenters. The Morgan fingerprint density at radius 1 is 1.29 bits per heavy atom. The molecule has 21 heavy (non-hydrogen) atoms. The Hall–Kier alpha value is -1.56. The van der Waals surface area contributed by atoms with Crippen LogP contribution in [0.2, 0.25) is 0 Å². The summed E-state index contributed by atoms with van der Waals surface area (Å²) in [6, 6.07) is 3.57. The molecular formula is C15H24N2O3S. The van der Waals surface area contributed by atoms with Gasteiger partial charge in [0.1, 0.15) is 5.54 Å². The minimum atomic E-state index is -1.20. The van der Waals surface area contributed by atoms with Crippen molar-refractivity contribution in [3.8, 4) is 0 Å². The van der Waals surface area contributed by atoms with E-state index in [0.717, 1.165) is 0 Å². The molecule has 0 bridgehead atoms. The second-order valence-electron chi connectivity index (χ2n) is 5.76. The van der Waals surface area contributed by atoms with Gasteiger partial charge in [-0.15, -0.1) is 11.3 Å². The third-order valence-electron chi connectivity index (χ3n) is 3.85. The number of carbonyl (C=O) groups is 2. The van der Waals surface area contributed by atoms with E-state index in [1.165, 1.54) is 4.88 Å². The Labute approximate surface area is 129 Å². The number of urea groups is 1. The average molecular weight is 312 g/mol. The molecular weight excluding hydrogens is 288 g/mol. The van der Waals surface area contributed by atoms with Crippen molar-refractivity contribution in [2.24, 2.45) is 0 Å². The summed E-state index contributed by atoms with van der Waals surface area (Å²) in [7, 11) is 0. The van der Waals surface area contributed by atoms with Gasteiger partial charge in [0, 0.05) is 16.8 Å². The summed E-state index contributed by atoms with van der Waals surface area (Å²) in [6.07, 6.45) is 0.696. The zero-order chi connectivity index (χ0) is 16.1. The number of hydrogen-bond acceptors (Lipinski definition) is 3. The number of thiophene rings is 1. The Kier molecular flexibility index (Phi) is 5.78. The zero-order valence-corrected chi connectivity index (χ0v) is 13.8. The molecule has 1 heterocycles. The third-order valence-corrected chi connectivity index (χ3v) is 5.08. The molecule has 0 atom stereocenters. The Morgan fingerprint density at radius 2 is 1.90 bits per heavy atom. The van der Waals surface area contributed by atoms with Crippen LogP contribution >= 0.6 is 11.3 Å². The molecule has 0 aliphatic heterocycles. The number of carboxylic acid groups (broad SMARTS) is 1. The molecule has 0 saturated carbocycles. The van der Waals surface area contributed by atoms with Crippen molar-refractivity contribution in [3.63, 3.8) is 0 Å². The molecule has 0 aliphatic rings. The van der Waals surface area contributed by atoms with Gasteiger partial charge in [0.2, 0.25) is 0 Å². The summed E-state index contributed by atoms with van der Waals surface area (Å²) in [5.74, 6) is -1.000. The maximum atomic E-state index is 12.0. The fourth-order valence-electron chi connectivity index (χ4n) is 2.10. The van der Waals surface area contributed by atoms with E-state index in [2.05, 4.69) is 10.6 Å². The van der Waals surface area contributed by atoms with Gasteiger partial charge in [0.05, 0.1) is 0 Å². The molecule has 3 N–H and O–H groups in total. The van der Waals surface area contributed by atoms with Crippen LogP contribution in [0, 0.1) is 0 Å². The van der Waals surface area contributed by atoms with Crippen LogP contribution in [0.5, 0.6) is 0 Å². The molecule has 1 rings (SSSR count). The number of rotatable bonds is 7. The molecule has 0 radical (unpaired) electrons. The summed E-state index contributed by atoms with van der Waals surface area (Å²) >= 11 is 1.64. The van der Waals surface area contributed by atoms with Gasteiger partial charge in [-0.05, 0) is 24.3 Å². The van der Waals surface area contributed by atoms with Crippen molar-refractivity contribution < 1.29 is 14.7 Å². The second kappa shape index (κ2) is 6.93. The van der Waals surface area contributed by atoms with E-state index in [0.29, 0.717) is 19.4 Å². The van der Waals surface area contributed by atoms with Gasteiger partial charge in [-0.1, -0.05) is 33.8 Å². The average Bonchev–Trinajstić information content (AvgIpc) is 2.97. The van der Waals surface area contributed by atoms with Gasteiger partial charge < -0.3 is 15.7 Å². The number of carbonyl (C=O) groups excluding carboxylic acids is 1. The zero-order valence-electron chi connectivity index (χ0n) is 13.0. The lowest BCUT2D eigenvalue weighted by Gasteiger charge is -2.29. The highest BCUT2D eigenvalue weighted by atomic mass is 32.1. The fourth-order valence-corrected chi connectivity index (χ4v) is 2.95. The van der Waals surface area contributed by atoms with Gasteiger partial charge >= 0.3 is 12.0 Å². The molecule has 5 nitrogen and oxygen atoms in total. The van der Waals surface area contributed by atoms with E-state index in [9.17, 15) is 14.7 Å². The van der Waals surface area contributed by atoms with Crippen molar-refractivity contribution in [1.29, 1.82) is 0 Å². The van der Waals surface area contributed by atoms with Crippen LogP contribution in [0.4, 0.5) is 4.79 Å². The van der Waals surface area contributed by atoms with Crippen molar-refractivity contribution in [2.75, 3.05) is 6.54 Å². The van der Waals surface area contributed by atoms with E-state index < -0.39 is 17.5 Å². The highest BCUT2D eigenvalue weighted by molar-refractivity contribution is 7.10. The highest BCUT2D eigenvalue weighted by Crippen LogP contribution is 2.26. The monoisotopic (exact) mass is 312 g/mol. The maximum absolute atomic E-state index is 12.0. The fraction of sp³-hybridized carbons (Fsp3) is 0.600. The van der Waals surface area contributed by atoms with Crippen LogP contribution in [-0.2, 0) is 10.2 Å². The lowest BCUT2D eigenvalue weighted by Crippen LogP contribution is -2.57. The predicted molar refractivity (Wildman–Crippen MR) is 84.8 cm³/mol. The molecule has 1 aromatic rings. The first-order chi connectivity index (χ1) is 9.77. The van der Waals surface area contributed by atoms with Crippen LogP contribution in [-0.4, -0.2) is 29.2 Å². The Balaban J connectivity index is 2.64. The van der Waals surface area contributed by atoms with E-state index >= 15 is 0 Å². The Bertz CT molecular complexity index is 479. The highest BCUT2D eigenvalue weighted by Gasteiger charge is 2.36. The first-order valence-electron chi connectivity index (χ1n) is 7.11. The number of nitrogens with one attached hydrogen (secondary N) is 2. The van der Waals surface area contributed by atoms with Gasteiger partial charge in [0.25, 0.3) is 0 Å². The van der Waals surface area contributed by atoms with E-state index in [1.54, 1.807) is 25.2 Å². The number of amides is 2. The van der Waals surface area contributed by atoms with Crippen molar-refractivity contribution >= 4 is 23.3 Å². The first kappa shape index (κ1) is 17.5. The van der Waals surface area contributed by atoms with E-state index in [-0.39, 0.29) is 5.41 Å². The van der Waals surface area contributed by atoms with Crippen molar-refractivity contribution in [1.82, 2.24) is 10.6 Å². The van der Waals surface area contributed by atoms with Gasteiger partial charge in [-0.2, -0.15) is 0 Å². The minimum absolute atomic E-state index is 0.185. The smallest absolute Gasteiger partial charge is 0.329 e. The number of aliphatic carboxylic acids is 1. The van der Waals surface area contributed by atoms with Crippen LogP contribution in [0.15, 0.2) is 17.5 Å². The molecule has 0 aliphatic carbocycles. The van der Waals surface area contributed by atoms with Crippen molar-refractivity contribution in [3.05, 3.63) is 22.4 Å². The quantitative estimate of drug-likeness (QED) is 0.724. The van der Waals surface area contributed by atoms with Crippen LogP contribution < -0.4 is 10.6 Å². The first-order valence-corrected chi connectivity index (χ1v) is 7.99. The summed E-state index contributed by atoms with van der Waals surface area (Å²) in [4.78, 5) is 24.6. The summed E-state index contributed by atoms with van der Waals surface area (Å²) in [5.41, 5.74) is -1.38. The molecule has 118 valence electrons. The predicted octanol–water partition coefficient (Wildman–Crippen LogP) is 2.97. The largest absolute Gasteiger partial charge is 0.480 e. The molecule has 0 fully saturated rings. The van der Waals surface area contributed by atoms with Crippen LogP contribution in [0.3, 0.4) is 0 Å². The van der Waals surface area contributed by atoms with E-state index in [4.69, 9.17) is 0 Å². The molecule has 0 spiro atoms. The topological polar surface area (TPSA) is 78.4 Å². The lowest BCUT2D eigenvalue weighted by molar-refractivity contribution is -0.144. The van der Waals surface area contributed by atoms with Crippen LogP contribution in [0.1, 0.15) is 45.4 Å². The molecule has 2 amide bonds. The van der Waals surface area contributed by atoms with Crippen LogP contribution in [0.25, 0.3) is 0 Å². The molecule has 0 saturated heterocycles. The maximum Gasteiger partial charge on any atom is 0.329 e. The van der Waals surface area contributed by atoms with E-state index in [1.807, 2.05) is 31.4 Å². The number of carboxylic acids is 1. The van der Waals surface area contributed by atoms with Crippen molar-refractivity contribution in [2.45, 2.75) is 51.5 Å². The van der Waals surface area contributed by atoms with Gasteiger partial charge in [-0.25, -0.2) is 9.59 Å². The molecule has 1 aromatic heterocycles. The standard InChI is InChI=1S/C15H24N2O3S/c1-5-15(6-2,12(18)19)17-13(20)16-10-14(3,4)11-8-7-9-21-11/h7-9H,5-6,10H2,1-4H3,(H,18,19)(H2,16,17,20). The lowest BCUT2D eigenvalue weighted by atomic mass is 9.91. The van der Waals surface area contributed by atoms with Gasteiger partial charge in [-0.3, -0.25) is 0 Å². The SMILES string of the molecule is CCC(CC)(NC(=O)NCC(C)(C)c1cccs1)C(=O)O. The molecule has 6 heteroatoms. The second-order valence-corrected chi connectivity index (χ2v) is 6.71. The normalized spacial score (nSPS) is 12.0. The summed E-state index contributed by atoms with van der Waals surface area (Å²) in [5, 5.41) is 16.7. The van der Waals surface area contributed by atoms with Gasteiger partial charge in [0.15, 0.2) is 0 Å².